The number of nitrogens with one attached hydrogen (secondary N) is 2. The van der Waals surface area contributed by atoms with Gasteiger partial charge in [-0.25, -0.2) is 9.97 Å². The molecule has 1 aromatic rings. The Balaban J connectivity index is 2.02. The highest BCUT2D eigenvalue weighted by atomic mass is 16.1. The van der Waals surface area contributed by atoms with Crippen LogP contribution in [0.25, 0.3) is 0 Å². The van der Waals surface area contributed by atoms with Gasteiger partial charge in [-0.1, -0.05) is 0 Å². The Bertz CT molecular complexity index is 415. The summed E-state index contributed by atoms with van der Waals surface area (Å²) in [6.45, 7) is 3.71. The highest BCUT2D eigenvalue weighted by Crippen LogP contribution is 2.23. The molecule has 1 aliphatic carbocycles. The summed E-state index contributed by atoms with van der Waals surface area (Å²) in [7, 11) is 0. The molecule has 5 heteroatoms. The lowest BCUT2D eigenvalue weighted by Gasteiger charge is -2.27. The second-order valence-electron chi connectivity index (χ2n) is 4.51. The second kappa shape index (κ2) is 5.12. The van der Waals surface area contributed by atoms with Crippen molar-refractivity contribution in [2.45, 2.75) is 39.2 Å². The van der Waals surface area contributed by atoms with Crippen LogP contribution < -0.4 is 10.6 Å². The van der Waals surface area contributed by atoms with E-state index in [4.69, 9.17) is 0 Å². The SMILES string of the molecule is CC(=O)CNc1cc(NC2CCC2)nc(C)n1. The van der Waals surface area contributed by atoms with E-state index < -0.39 is 0 Å². The number of Topliss-reactive ketones (excluding diaryl/α,β-unsaturated/α-hetero) is 1. The highest BCUT2D eigenvalue weighted by molar-refractivity contribution is 5.80. The topological polar surface area (TPSA) is 66.9 Å². The van der Waals surface area contributed by atoms with E-state index in [2.05, 4.69) is 20.6 Å². The number of hydrogen-bond acceptors (Lipinski definition) is 5. The Morgan fingerprint density at radius 1 is 1.41 bits per heavy atom. The smallest absolute Gasteiger partial charge is 0.148 e. The Morgan fingerprint density at radius 3 is 2.71 bits per heavy atom. The van der Waals surface area contributed by atoms with E-state index in [1.54, 1.807) is 6.92 Å². The van der Waals surface area contributed by atoms with Crippen molar-refractivity contribution < 1.29 is 4.79 Å². The predicted molar refractivity (Wildman–Crippen MR) is 67.2 cm³/mol. The molecule has 5 nitrogen and oxygen atoms in total. The molecule has 92 valence electrons. The van der Waals surface area contributed by atoms with Gasteiger partial charge >= 0.3 is 0 Å². The molecule has 1 fully saturated rings. The third-order valence-corrected chi connectivity index (χ3v) is 2.81. The minimum absolute atomic E-state index is 0.0924. The van der Waals surface area contributed by atoms with Gasteiger partial charge in [0.15, 0.2) is 0 Å². The summed E-state index contributed by atoms with van der Waals surface area (Å²) in [5, 5.41) is 6.37. The number of aryl methyl sites for hydroxylation is 1. The molecule has 0 aromatic carbocycles. The molecule has 0 spiro atoms. The van der Waals surface area contributed by atoms with Crippen molar-refractivity contribution in [2.75, 3.05) is 17.2 Å². The summed E-state index contributed by atoms with van der Waals surface area (Å²) < 4.78 is 0. The van der Waals surface area contributed by atoms with E-state index in [9.17, 15) is 4.79 Å². The van der Waals surface area contributed by atoms with Crippen LogP contribution in [-0.2, 0) is 4.79 Å². The first-order valence-electron chi connectivity index (χ1n) is 5.99. The van der Waals surface area contributed by atoms with E-state index in [0.29, 0.717) is 24.2 Å². The maximum Gasteiger partial charge on any atom is 0.148 e. The lowest BCUT2D eigenvalue weighted by atomic mass is 9.93. The van der Waals surface area contributed by atoms with E-state index in [1.807, 2.05) is 13.0 Å². The van der Waals surface area contributed by atoms with Gasteiger partial charge in [0.2, 0.25) is 0 Å². The molecule has 0 atom stereocenters. The van der Waals surface area contributed by atoms with Crippen LogP contribution in [0.5, 0.6) is 0 Å². The number of carbonyl (C=O) groups is 1. The van der Waals surface area contributed by atoms with Gasteiger partial charge < -0.3 is 10.6 Å². The molecular weight excluding hydrogens is 216 g/mol. The molecule has 0 radical (unpaired) electrons. The average molecular weight is 234 g/mol. The van der Waals surface area contributed by atoms with Crippen LogP contribution in [0, 0.1) is 6.92 Å². The van der Waals surface area contributed by atoms with E-state index in [-0.39, 0.29) is 5.78 Å². The van der Waals surface area contributed by atoms with Crippen LogP contribution >= 0.6 is 0 Å². The normalized spacial score (nSPS) is 15.2. The van der Waals surface area contributed by atoms with Crippen molar-refractivity contribution in [3.63, 3.8) is 0 Å². The zero-order chi connectivity index (χ0) is 12.3. The number of ketones is 1. The molecule has 0 bridgehead atoms. The third kappa shape index (κ3) is 3.41. The summed E-state index contributed by atoms with van der Waals surface area (Å²) in [5.41, 5.74) is 0. The van der Waals surface area contributed by atoms with Crippen LogP contribution in [0.3, 0.4) is 0 Å². The van der Waals surface area contributed by atoms with Crippen molar-refractivity contribution in [3.05, 3.63) is 11.9 Å². The molecule has 1 aromatic heterocycles. The molecule has 0 aliphatic heterocycles. The van der Waals surface area contributed by atoms with Crippen LogP contribution in [0.15, 0.2) is 6.07 Å². The minimum Gasteiger partial charge on any atom is -0.367 e. The van der Waals surface area contributed by atoms with E-state index in [1.165, 1.54) is 19.3 Å². The highest BCUT2D eigenvalue weighted by Gasteiger charge is 2.17. The fourth-order valence-corrected chi connectivity index (χ4v) is 1.71. The quantitative estimate of drug-likeness (QED) is 0.812. The number of aromatic nitrogens is 2. The summed E-state index contributed by atoms with van der Waals surface area (Å²) in [6.07, 6.45) is 3.70. The van der Waals surface area contributed by atoms with Gasteiger partial charge in [-0.05, 0) is 33.1 Å². The summed E-state index contributed by atoms with van der Waals surface area (Å²) in [4.78, 5) is 19.5. The van der Waals surface area contributed by atoms with Gasteiger partial charge in [-0.3, -0.25) is 4.79 Å². The molecule has 1 aliphatic rings. The number of rotatable bonds is 5. The van der Waals surface area contributed by atoms with E-state index >= 15 is 0 Å². The Hall–Kier alpha value is -1.65. The molecule has 2 rings (SSSR count). The minimum atomic E-state index is 0.0924. The number of anilines is 2. The van der Waals surface area contributed by atoms with Crippen LogP contribution in [0.2, 0.25) is 0 Å². The fourth-order valence-electron chi connectivity index (χ4n) is 1.71. The zero-order valence-corrected chi connectivity index (χ0v) is 10.3. The monoisotopic (exact) mass is 234 g/mol. The van der Waals surface area contributed by atoms with Crippen LogP contribution in [0.4, 0.5) is 11.6 Å². The predicted octanol–water partition coefficient (Wildman–Crippen LogP) is 1.75. The van der Waals surface area contributed by atoms with Crippen LogP contribution in [0.1, 0.15) is 32.0 Å². The van der Waals surface area contributed by atoms with Crippen molar-refractivity contribution in [2.24, 2.45) is 0 Å². The maximum absolute atomic E-state index is 10.9. The Labute approximate surface area is 101 Å². The van der Waals surface area contributed by atoms with E-state index in [0.717, 1.165) is 5.82 Å². The molecule has 17 heavy (non-hydrogen) atoms. The van der Waals surface area contributed by atoms with Gasteiger partial charge in [0.25, 0.3) is 0 Å². The van der Waals surface area contributed by atoms with Crippen molar-refractivity contribution in [1.82, 2.24) is 9.97 Å². The van der Waals surface area contributed by atoms with Crippen molar-refractivity contribution in [3.8, 4) is 0 Å². The molecule has 1 saturated carbocycles. The molecule has 2 N–H and O–H groups in total. The lowest BCUT2D eigenvalue weighted by molar-refractivity contribution is -0.115. The Morgan fingerprint density at radius 2 is 2.12 bits per heavy atom. The first-order chi connectivity index (χ1) is 8.13. The summed E-state index contributed by atoms with van der Waals surface area (Å²) in [6, 6.07) is 2.40. The van der Waals surface area contributed by atoms with Crippen molar-refractivity contribution >= 4 is 17.4 Å². The third-order valence-electron chi connectivity index (χ3n) is 2.81. The van der Waals surface area contributed by atoms with Gasteiger partial charge in [-0.2, -0.15) is 0 Å². The number of carbonyl (C=O) groups excluding carboxylic acids is 1. The summed E-state index contributed by atoms with van der Waals surface area (Å²) >= 11 is 0. The molecular formula is C12H18N4O. The van der Waals surface area contributed by atoms with Crippen molar-refractivity contribution in [1.29, 1.82) is 0 Å². The summed E-state index contributed by atoms with van der Waals surface area (Å²) in [5.74, 6) is 2.35. The van der Waals surface area contributed by atoms with Gasteiger partial charge in [0, 0.05) is 12.1 Å². The average Bonchev–Trinajstić information content (AvgIpc) is 2.20. The first-order valence-corrected chi connectivity index (χ1v) is 5.99. The number of nitrogens with zero attached hydrogens (tertiary/aromatic N) is 2. The second-order valence-corrected chi connectivity index (χ2v) is 4.51. The lowest BCUT2D eigenvalue weighted by Crippen LogP contribution is -2.27. The molecule has 0 saturated heterocycles. The Kier molecular flexibility index (Phi) is 3.56. The molecule has 1 heterocycles. The van der Waals surface area contributed by atoms with Gasteiger partial charge in [-0.15, -0.1) is 0 Å². The molecule has 0 unspecified atom stereocenters. The standard InChI is InChI=1S/C12H18N4O/c1-8(17)7-13-11-6-12(15-9(2)14-11)16-10-4-3-5-10/h6,10H,3-5,7H2,1-2H3,(H2,13,14,15,16). The van der Waals surface area contributed by atoms with Crippen LogP contribution in [-0.4, -0.2) is 28.3 Å². The largest absolute Gasteiger partial charge is 0.367 e. The number of hydrogen-bond donors (Lipinski definition) is 2. The zero-order valence-electron chi connectivity index (χ0n) is 10.3. The van der Waals surface area contributed by atoms with Gasteiger partial charge in [0.1, 0.15) is 23.2 Å². The fraction of sp³-hybridized carbons (Fsp3) is 0.583. The molecule has 0 amide bonds. The maximum atomic E-state index is 10.9. The first kappa shape index (κ1) is 11.8. The van der Waals surface area contributed by atoms with Gasteiger partial charge in [0.05, 0.1) is 6.54 Å².